The molecule has 4 rings (SSSR count). The molecule has 146 valence electrons. The van der Waals surface area contributed by atoms with Gasteiger partial charge in [-0.3, -0.25) is 10.1 Å². The van der Waals surface area contributed by atoms with Crippen molar-refractivity contribution >= 4 is 34.7 Å². The Bertz CT molecular complexity index is 963. The average molecular weight is 396 g/mol. The maximum atomic E-state index is 13.1. The van der Waals surface area contributed by atoms with Gasteiger partial charge >= 0.3 is 0 Å². The number of rotatable bonds is 7. The molecule has 0 bridgehead atoms. The highest BCUT2D eigenvalue weighted by atomic mass is 32.2. The second-order valence-corrected chi connectivity index (χ2v) is 8.03. The van der Waals surface area contributed by atoms with Gasteiger partial charge in [0.2, 0.25) is 5.95 Å². The molecule has 1 atom stereocenters. The van der Waals surface area contributed by atoms with Crippen LogP contribution in [-0.4, -0.2) is 33.9 Å². The fraction of sp³-hybridized carbons (Fsp3) is 0.364. The number of aryl methyl sites for hydroxylation is 1. The van der Waals surface area contributed by atoms with E-state index in [1.165, 1.54) is 0 Å². The molecule has 1 amide bonds. The molecule has 1 aliphatic heterocycles. The highest BCUT2D eigenvalue weighted by molar-refractivity contribution is 7.99. The van der Waals surface area contributed by atoms with Gasteiger partial charge in [-0.05, 0) is 43.5 Å². The molecule has 1 aromatic heterocycles. The Kier molecular flexibility index (Phi) is 5.98. The summed E-state index contributed by atoms with van der Waals surface area (Å²) >= 11 is 1.69. The number of aromatic nitrogens is 2. The second-order valence-electron chi connectivity index (χ2n) is 6.97. The highest BCUT2D eigenvalue weighted by Crippen LogP contribution is 2.28. The van der Waals surface area contributed by atoms with E-state index < -0.39 is 0 Å². The fourth-order valence-electron chi connectivity index (χ4n) is 3.53. The minimum atomic E-state index is -0.122. The predicted octanol–water partition coefficient (Wildman–Crippen LogP) is 4.97. The number of para-hydroxylation sites is 2. The first-order valence-electron chi connectivity index (χ1n) is 9.86. The van der Waals surface area contributed by atoms with Crippen molar-refractivity contribution in [1.82, 2.24) is 9.55 Å². The van der Waals surface area contributed by atoms with E-state index in [4.69, 9.17) is 4.74 Å². The van der Waals surface area contributed by atoms with Crippen molar-refractivity contribution in [3.63, 3.8) is 0 Å². The van der Waals surface area contributed by atoms with Crippen molar-refractivity contribution in [3.05, 3.63) is 54.1 Å². The van der Waals surface area contributed by atoms with Gasteiger partial charge in [-0.25, -0.2) is 4.98 Å². The van der Waals surface area contributed by atoms with Gasteiger partial charge in [0.1, 0.15) is 0 Å². The quantitative estimate of drug-likeness (QED) is 0.574. The van der Waals surface area contributed by atoms with Gasteiger partial charge in [0, 0.05) is 23.8 Å². The summed E-state index contributed by atoms with van der Waals surface area (Å²) < 4.78 is 7.79. The van der Waals surface area contributed by atoms with Crippen LogP contribution in [0, 0.1) is 0 Å². The Morgan fingerprint density at radius 2 is 2.07 bits per heavy atom. The monoisotopic (exact) mass is 395 g/mol. The zero-order valence-electron chi connectivity index (χ0n) is 16.1. The van der Waals surface area contributed by atoms with E-state index in [0.717, 1.165) is 54.1 Å². The van der Waals surface area contributed by atoms with Crippen LogP contribution in [0.1, 0.15) is 36.5 Å². The molecule has 0 radical (unpaired) electrons. The number of fused-ring (bicyclic) bond motifs is 1. The zero-order valence-corrected chi connectivity index (χ0v) is 16.9. The van der Waals surface area contributed by atoms with Gasteiger partial charge in [-0.2, -0.15) is 0 Å². The SMILES string of the molecule is CCCn1c(NC(=O)c2ccccc2SCC2CCCO2)nc2ccccc21. The number of carbonyl (C=O) groups excluding carboxylic acids is 1. The summed E-state index contributed by atoms with van der Waals surface area (Å²) in [5, 5.41) is 3.04. The lowest BCUT2D eigenvalue weighted by Gasteiger charge is -2.13. The summed E-state index contributed by atoms with van der Waals surface area (Å²) in [6.07, 6.45) is 3.48. The van der Waals surface area contributed by atoms with Gasteiger partial charge in [0.05, 0.1) is 22.7 Å². The summed E-state index contributed by atoms with van der Waals surface area (Å²) in [4.78, 5) is 18.7. The number of carbonyl (C=O) groups is 1. The van der Waals surface area contributed by atoms with Crippen LogP contribution in [-0.2, 0) is 11.3 Å². The van der Waals surface area contributed by atoms with Crippen LogP contribution in [0.15, 0.2) is 53.4 Å². The van der Waals surface area contributed by atoms with Gasteiger partial charge < -0.3 is 9.30 Å². The van der Waals surface area contributed by atoms with Crippen LogP contribution in [0.4, 0.5) is 5.95 Å². The van der Waals surface area contributed by atoms with Gasteiger partial charge in [0.15, 0.2) is 0 Å². The maximum Gasteiger partial charge on any atom is 0.259 e. The third-order valence-electron chi connectivity index (χ3n) is 4.91. The number of amides is 1. The van der Waals surface area contributed by atoms with Crippen molar-refractivity contribution < 1.29 is 9.53 Å². The molecule has 2 heterocycles. The van der Waals surface area contributed by atoms with E-state index in [1.807, 2.05) is 48.5 Å². The summed E-state index contributed by atoms with van der Waals surface area (Å²) in [6, 6.07) is 15.7. The minimum Gasteiger partial charge on any atom is -0.377 e. The maximum absolute atomic E-state index is 13.1. The number of ether oxygens (including phenoxy) is 1. The lowest BCUT2D eigenvalue weighted by Crippen LogP contribution is -2.17. The summed E-state index contributed by atoms with van der Waals surface area (Å²) in [7, 11) is 0. The Labute approximate surface area is 169 Å². The number of hydrogen-bond acceptors (Lipinski definition) is 4. The number of nitrogens with zero attached hydrogens (tertiary/aromatic N) is 2. The van der Waals surface area contributed by atoms with Crippen LogP contribution in [0.2, 0.25) is 0 Å². The second kappa shape index (κ2) is 8.80. The molecule has 1 aliphatic rings. The van der Waals surface area contributed by atoms with Gasteiger partial charge in [0.25, 0.3) is 5.91 Å². The lowest BCUT2D eigenvalue weighted by molar-refractivity contribution is 0.102. The summed E-state index contributed by atoms with van der Waals surface area (Å²) in [6.45, 7) is 3.78. The van der Waals surface area contributed by atoms with Crippen molar-refractivity contribution in [2.75, 3.05) is 17.7 Å². The lowest BCUT2D eigenvalue weighted by atomic mass is 10.2. The topological polar surface area (TPSA) is 56.2 Å². The molecule has 1 saturated heterocycles. The average Bonchev–Trinajstić information content (AvgIpc) is 3.35. The van der Waals surface area contributed by atoms with E-state index in [9.17, 15) is 4.79 Å². The standard InChI is InChI=1S/C22H25N3O2S/c1-2-13-25-19-11-5-4-10-18(19)23-22(25)24-21(26)17-9-3-6-12-20(17)28-15-16-8-7-14-27-16/h3-6,9-12,16H,2,7-8,13-15H2,1H3,(H,23,24,26). The molecule has 1 fully saturated rings. The number of anilines is 1. The Hall–Kier alpha value is -2.31. The first kappa shape index (κ1) is 19.0. The molecule has 0 saturated carbocycles. The van der Waals surface area contributed by atoms with Crippen molar-refractivity contribution in [3.8, 4) is 0 Å². The molecule has 3 aromatic rings. The molecule has 0 aliphatic carbocycles. The summed E-state index contributed by atoms with van der Waals surface area (Å²) in [5.74, 6) is 1.36. The fourth-order valence-corrected chi connectivity index (χ4v) is 4.65. The summed E-state index contributed by atoms with van der Waals surface area (Å²) in [5.41, 5.74) is 2.62. The smallest absolute Gasteiger partial charge is 0.259 e. The van der Waals surface area contributed by atoms with Crippen LogP contribution in [0.3, 0.4) is 0 Å². The third-order valence-corrected chi connectivity index (χ3v) is 6.11. The zero-order chi connectivity index (χ0) is 19.3. The number of hydrogen-bond donors (Lipinski definition) is 1. The van der Waals surface area contributed by atoms with Crippen LogP contribution in [0.5, 0.6) is 0 Å². The van der Waals surface area contributed by atoms with E-state index in [0.29, 0.717) is 11.5 Å². The number of benzene rings is 2. The molecule has 0 spiro atoms. The van der Waals surface area contributed by atoms with Crippen molar-refractivity contribution in [2.45, 2.75) is 43.7 Å². The third kappa shape index (κ3) is 4.08. The molecule has 1 unspecified atom stereocenters. The van der Waals surface area contributed by atoms with Crippen LogP contribution in [0.25, 0.3) is 11.0 Å². The molecule has 2 aromatic carbocycles. The Morgan fingerprint density at radius 1 is 1.25 bits per heavy atom. The molecular formula is C22H25N3O2S. The van der Waals surface area contributed by atoms with E-state index in [1.54, 1.807) is 11.8 Å². The number of imidazole rings is 1. The predicted molar refractivity (Wildman–Crippen MR) is 114 cm³/mol. The van der Waals surface area contributed by atoms with Crippen LogP contribution >= 0.6 is 11.8 Å². The molecule has 5 nitrogen and oxygen atoms in total. The van der Waals surface area contributed by atoms with E-state index in [-0.39, 0.29) is 12.0 Å². The normalized spacial score (nSPS) is 16.5. The van der Waals surface area contributed by atoms with E-state index >= 15 is 0 Å². The Balaban J connectivity index is 1.55. The molecule has 1 N–H and O–H groups in total. The highest BCUT2D eigenvalue weighted by Gasteiger charge is 2.19. The molecule has 28 heavy (non-hydrogen) atoms. The van der Waals surface area contributed by atoms with Gasteiger partial charge in [-0.15, -0.1) is 11.8 Å². The first-order chi connectivity index (χ1) is 13.8. The Morgan fingerprint density at radius 3 is 2.89 bits per heavy atom. The first-order valence-corrected chi connectivity index (χ1v) is 10.8. The number of nitrogens with one attached hydrogen (secondary N) is 1. The van der Waals surface area contributed by atoms with Crippen LogP contribution < -0.4 is 5.32 Å². The number of thioether (sulfide) groups is 1. The molecule has 6 heteroatoms. The van der Waals surface area contributed by atoms with Crippen molar-refractivity contribution in [1.29, 1.82) is 0 Å². The van der Waals surface area contributed by atoms with Crippen molar-refractivity contribution in [2.24, 2.45) is 0 Å². The van der Waals surface area contributed by atoms with Gasteiger partial charge in [-0.1, -0.05) is 31.2 Å². The molecular weight excluding hydrogens is 370 g/mol. The largest absolute Gasteiger partial charge is 0.377 e. The minimum absolute atomic E-state index is 0.122. The van der Waals surface area contributed by atoms with E-state index in [2.05, 4.69) is 21.8 Å².